The Kier molecular flexibility index (Phi) is 3.62. The van der Waals surface area contributed by atoms with Crippen LogP contribution in [0.25, 0.3) is 6.08 Å². The van der Waals surface area contributed by atoms with Crippen molar-refractivity contribution in [2.24, 2.45) is 12.0 Å². The van der Waals surface area contributed by atoms with Crippen molar-refractivity contribution in [3.05, 3.63) is 59.0 Å². The third-order valence-corrected chi connectivity index (χ3v) is 3.77. The molecule has 3 rings (SSSR count). The van der Waals surface area contributed by atoms with Crippen molar-refractivity contribution in [1.29, 1.82) is 0 Å². The molecule has 1 saturated heterocycles. The zero-order chi connectivity index (χ0) is 14.8. The van der Waals surface area contributed by atoms with E-state index in [1.54, 1.807) is 12.1 Å². The van der Waals surface area contributed by atoms with E-state index in [0.717, 1.165) is 5.56 Å². The van der Waals surface area contributed by atoms with Gasteiger partial charge in [-0.2, -0.15) is 0 Å². The standard InChI is InChI=1S/C15H12FN3OS/c1-19-7-6-10(9-19)8-13-14(20)18-15(21-13)17-12-4-2-11(16)3-5-12/h2-9H,1H3,(H,17,18,20)/b13-8+. The van der Waals surface area contributed by atoms with Crippen LogP contribution in [0, 0.1) is 5.82 Å². The van der Waals surface area contributed by atoms with Gasteiger partial charge in [-0.1, -0.05) is 0 Å². The Balaban J connectivity index is 1.81. The lowest BCUT2D eigenvalue weighted by Crippen LogP contribution is -2.19. The van der Waals surface area contributed by atoms with Crippen molar-refractivity contribution in [1.82, 2.24) is 9.88 Å². The summed E-state index contributed by atoms with van der Waals surface area (Å²) in [7, 11) is 1.92. The molecule has 1 fully saturated rings. The van der Waals surface area contributed by atoms with E-state index in [-0.39, 0.29) is 11.7 Å². The molecule has 21 heavy (non-hydrogen) atoms. The number of aryl methyl sites for hydroxylation is 1. The molecule has 1 aliphatic rings. The third-order valence-electron chi connectivity index (χ3n) is 2.86. The van der Waals surface area contributed by atoms with E-state index >= 15 is 0 Å². The zero-order valence-corrected chi connectivity index (χ0v) is 12.0. The summed E-state index contributed by atoms with van der Waals surface area (Å²) in [6.07, 6.45) is 5.65. The largest absolute Gasteiger partial charge is 0.357 e. The molecule has 0 bridgehead atoms. The Hall–Kier alpha value is -2.34. The van der Waals surface area contributed by atoms with Gasteiger partial charge in [-0.3, -0.25) is 4.79 Å². The molecule has 106 valence electrons. The Morgan fingerprint density at radius 3 is 2.71 bits per heavy atom. The molecule has 1 aromatic heterocycles. The van der Waals surface area contributed by atoms with Gasteiger partial charge < -0.3 is 9.88 Å². The summed E-state index contributed by atoms with van der Waals surface area (Å²) in [4.78, 5) is 16.8. The summed E-state index contributed by atoms with van der Waals surface area (Å²) in [6, 6.07) is 7.72. The fraction of sp³-hybridized carbons (Fsp3) is 0.0667. The molecule has 6 heteroatoms. The second-order valence-electron chi connectivity index (χ2n) is 4.57. The number of nitrogens with zero attached hydrogens (tertiary/aromatic N) is 2. The number of amides is 1. The van der Waals surface area contributed by atoms with Crippen LogP contribution in [0.2, 0.25) is 0 Å². The number of rotatable bonds is 2. The number of amidine groups is 1. The van der Waals surface area contributed by atoms with Crippen LogP contribution < -0.4 is 5.32 Å². The molecule has 2 heterocycles. The number of aliphatic imine (C=N–C) groups is 1. The summed E-state index contributed by atoms with van der Waals surface area (Å²) in [5.74, 6) is -0.489. The fourth-order valence-corrected chi connectivity index (χ4v) is 2.72. The quantitative estimate of drug-likeness (QED) is 0.867. The summed E-state index contributed by atoms with van der Waals surface area (Å²) in [5.41, 5.74) is 1.55. The van der Waals surface area contributed by atoms with Crippen molar-refractivity contribution in [3.8, 4) is 0 Å². The van der Waals surface area contributed by atoms with Gasteiger partial charge in [0.1, 0.15) is 5.82 Å². The Morgan fingerprint density at radius 1 is 1.29 bits per heavy atom. The lowest BCUT2D eigenvalue weighted by Gasteiger charge is -1.95. The van der Waals surface area contributed by atoms with Gasteiger partial charge in [-0.15, -0.1) is 0 Å². The molecule has 0 atom stereocenters. The first-order chi connectivity index (χ1) is 10.1. The third kappa shape index (κ3) is 3.22. The highest BCUT2D eigenvalue weighted by Gasteiger charge is 2.23. The number of halogens is 1. The minimum atomic E-state index is -0.313. The number of benzene rings is 1. The summed E-state index contributed by atoms with van der Waals surface area (Å²) in [6.45, 7) is 0. The first-order valence-corrected chi connectivity index (χ1v) is 7.09. The molecular formula is C15H12FN3OS. The molecule has 0 spiro atoms. The van der Waals surface area contributed by atoms with E-state index in [9.17, 15) is 9.18 Å². The van der Waals surface area contributed by atoms with E-state index in [1.165, 1.54) is 23.9 Å². The van der Waals surface area contributed by atoms with Crippen molar-refractivity contribution in [2.45, 2.75) is 0 Å². The predicted molar refractivity (Wildman–Crippen MR) is 82.6 cm³/mol. The second kappa shape index (κ2) is 5.57. The Morgan fingerprint density at radius 2 is 2.05 bits per heavy atom. The van der Waals surface area contributed by atoms with Crippen LogP contribution in [-0.2, 0) is 11.8 Å². The van der Waals surface area contributed by atoms with Gasteiger partial charge in [0, 0.05) is 19.4 Å². The first-order valence-electron chi connectivity index (χ1n) is 6.27. The van der Waals surface area contributed by atoms with Crippen LogP contribution in [0.3, 0.4) is 0 Å². The highest BCUT2D eigenvalue weighted by molar-refractivity contribution is 8.18. The second-order valence-corrected chi connectivity index (χ2v) is 5.60. The smallest absolute Gasteiger partial charge is 0.264 e. The number of aromatic nitrogens is 1. The normalized spacial score (nSPS) is 18.5. The predicted octanol–water partition coefficient (Wildman–Crippen LogP) is 3.06. The highest BCUT2D eigenvalue weighted by Crippen LogP contribution is 2.28. The van der Waals surface area contributed by atoms with Gasteiger partial charge in [0.05, 0.1) is 10.6 Å². The van der Waals surface area contributed by atoms with Gasteiger partial charge in [0.2, 0.25) is 0 Å². The van der Waals surface area contributed by atoms with Gasteiger partial charge in [-0.25, -0.2) is 9.38 Å². The van der Waals surface area contributed by atoms with E-state index < -0.39 is 0 Å². The molecule has 1 aliphatic heterocycles. The van der Waals surface area contributed by atoms with E-state index in [1.807, 2.05) is 36.2 Å². The summed E-state index contributed by atoms with van der Waals surface area (Å²) < 4.78 is 14.7. The van der Waals surface area contributed by atoms with Gasteiger partial charge in [-0.05, 0) is 53.7 Å². The molecule has 1 N–H and O–H groups in total. The lowest BCUT2D eigenvalue weighted by atomic mass is 10.3. The van der Waals surface area contributed by atoms with Gasteiger partial charge >= 0.3 is 0 Å². The molecule has 0 saturated carbocycles. The number of hydrogen-bond acceptors (Lipinski definition) is 3. The van der Waals surface area contributed by atoms with Crippen molar-refractivity contribution >= 4 is 34.6 Å². The maximum absolute atomic E-state index is 12.8. The molecule has 2 aromatic rings. The van der Waals surface area contributed by atoms with Crippen molar-refractivity contribution in [2.75, 3.05) is 0 Å². The average molecular weight is 301 g/mol. The maximum Gasteiger partial charge on any atom is 0.264 e. The number of carbonyl (C=O) groups is 1. The minimum absolute atomic E-state index is 0.176. The van der Waals surface area contributed by atoms with Crippen LogP contribution >= 0.6 is 11.8 Å². The van der Waals surface area contributed by atoms with Crippen LogP contribution in [-0.4, -0.2) is 15.6 Å². The number of hydrogen-bond donors (Lipinski definition) is 1. The Labute approximate surface area is 125 Å². The molecule has 0 aliphatic carbocycles. The molecule has 4 nitrogen and oxygen atoms in total. The van der Waals surface area contributed by atoms with Crippen LogP contribution in [0.4, 0.5) is 10.1 Å². The van der Waals surface area contributed by atoms with Crippen LogP contribution in [0.5, 0.6) is 0 Å². The van der Waals surface area contributed by atoms with E-state index in [4.69, 9.17) is 0 Å². The van der Waals surface area contributed by atoms with Gasteiger partial charge in [0.25, 0.3) is 5.91 Å². The summed E-state index contributed by atoms with van der Waals surface area (Å²) >= 11 is 1.27. The topological polar surface area (TPSA) is 46.4 Å². The molecule has 1 aromatic carbocycles. The van der Waals surface area contributed by atoms with E-state index in [0.29, 0.717) is 15.8 Å². The summed E-state index contributed by atoms with van der Waals surface area (Å²) in [5, 5.41) is 3.19. The Bertz CT molecular complexity index is 747. The SMILES string of the molecule is Cn1ccc(/C=C2/SC(=Nc3ccc(F)cc3)NC2=O)c1. The highest BCUT2D eigenvalue weighted by atomic mass is 32.2. The minimum Gasteiger partial charge on any atom is -0.357 e. The van der Waals surface area contributed by atoms with Gasteiger partial charge in [0.15, 0.2) is 5.17 Å². The van der Waals surface area contributed by atoms with Crippen molar-refractivity contribution < 1.29 is 9.18 Å². The maximum atomic E-state index is 12.8. The fourth-order valence-electron chi connectivity index (χ4n) is 1.87. The molecule has 0 radical (unpaired) electrons. The number of nitrogens with one attached hydrogen (secondary N) is 1. The lowest BCUT2D eigenvalue weighted by molar-refractivity contribution is -0.115. The van der Waals surface area contributed by atoms with E-state index in [2.05, 4.69) is 10.3 Å². The number of thioether (sulfide) groups is 1. The molecular weight excluding hydrogens is 289 g/mol. The number of carbonyl (C=O) groups excluding carboxylic acids is 1. The first kappa shape index (κ1) is 13.6. The van der Waals surface area contributed by atoms with Crippen LogP contribution in [0.1, 0.15) is 5.56 Å². The average Bonchev–Trinajstić information content (AvgIpc) is 3.00. The molecule has 0 unspecified atom stereocenters. The zero-order valence-electron chi connectivity index (χ0n) is 11.2. The van der Waals surface area contributed by atoms with Crippen LogP contribution in [0.15, 0.2) is 52.6 Å². The monoisotopic (exact) mass is 301 g/mol. The molecule has 1 amide bonds. The van der Waals surface area contributed by atoms with Crippen molar-refractivity contribution in [3.63, 3.8) is 0 Å².